The van der Waals surface area contributed by atoms with E-state index in [1.165, 1.54) is 0 Å². The van der Waals surface area contributed by atoms with Crippen LogP contribution in [0.25, 0.3) is 0 Å². The van der Waals surface area contributed by atoms with E-state index in [4.69, 9.17) is 4.74 Å². The highest BCUT2D eigenvalue weighted by molar-refractivity contribution is 14.0. The van der Waals surface area contributed by atoms with Crippen molar-refractivity contribution in [2.45, 2.75) is 33.2 Å². The first kappa shape index (κ1) is 19.0. The van der Waals surface area contributed by atoms with Gasteiger partial charge in [0.25, 0.3) is 0 Å². The molecule has 1 aliphatic heterocycles. The molecular formula is C16H27IN4O. The van der Waals surface area contributed by atoms with Crippen LogP contribution in [-0.2, 0) is 0 Å². The summed E-state index contributed by atoms with van der Waals surface area (Å²) in [5, 5.41) is 3.37. The number of aromatic nitrogens is 1. The van der Waals surface area contributed by atoms with Crippen LogP contribution in [0, 0.1) is 5.41 Å². The molecule has 0 unspecified atom stereocenters. The third-order valence-electron chi connectivity index (χ3n) is 4.64. The molecule has 0 atom stereocenters. The topological polar surface area (TPSA) is 49.8 Å². The van der Waals surface area contributed by atoms with Crippen molar-refractivity contribution in [3.8, 4) is 5.75 Å². The van der Waals surface area contributed by atoms with Gasteiger partial charge in [-0.3, -0.25) is 9.98 Å². The number of aliphatic imine (C=N–C) groups is 1. The molecular weight excluding hydrogens is 391 g/mol. The molecule has 0 bridgehead atoms. The van der Waals surface area contributed by atoms with Crippen LogP contribution < -0.4 is 10.1 Å². The van der Waals surface area contributed by atoms with Gasteiger partial charge in [-0.05, 0) is 26.0 Å². The van der Waals surface area contributed by atoms with E-state index in [0.717, 1.165) is 18.3 Å². The Kier molecular flexibility index (Phi) is 6.46. The zero-order chi connectivity index (χ0) is 15.5. The Labute approximate surface area is 150 Å². The Hall–Kier alpha value is -1.05. The van der Waals surface area contributed by atoms with Gasteiger partial charge < -0.3 is 15.0 Å². The number of ether oxygens (including phenoxy) is 1. The molecule has 0 radical (unpaired) electrons. The summed E-state index contributed by atoms with van der Waals surface area (Å²) in [7, 11) is 1.83. The van der Waals surface area contributed by atoms with E-state index in [2.05, 4.69) is 47.9 Å². The van der Waals surface area contributed by atoms with E-state index in [1.807, 2.05) is 19.2 Å². The molecule has 1 aliphatic rings. The molecule has 0 aromatic carbocycles. The highest BCUT2D eigenvalue weighted by atomic mass is 127. The summed E-state index contributed by atoms with van der Waals surface area (Å²) in [6.45, 7) is 11.4. The number of rotatable bonds is 4. The van der Waals surface area contributed by atoms with Crippen molar-refractivity contribution in [3.63, 3.8) is 0 Å². The molecule has 124 valence electrons. The SMILES string of the molecule is CN=C(NCCOc1cccnc1)N1CC(C)(C)C1(C)C.I. The van der Waals surface area contributed by atoms with Gasteiger partial charge in [0, 0.05) is 30.7 Å². The first-order valence-electron chi connectivity index (χ1n) is 7.39. The summed E-state index contributed by atoms with van der Waals surface area (Å²) < 4.78 is 5.63. The lowest BCUT2D eigenvalue weighted by Crippen LogP contribution is -2.72. The number of nitrogens with zero attached hydrogens (tertiary/aromatic N) is 3. The highest BCUT2D eigenvalue weighted by Gasteiger charge is 2.53. The second-order valence-electron chi connectivity index (χ2n) is 6.54. The number of nitrogens with one attached hydrogen (secondary N) is 1. The summed E-state index contributed by atoms with van der Waals surface area (Å²) in [6.07, 6.45) is 3.45. The lowest BCUT2D eigenvalue weighted by atomic mass is 9.65. The molecule has 1 saturated heterocycles. The molecule has 1 aromatic rings. The van der Waals surface area contributed by atoms with E-state index in [9.17, 15) is 0 Å². The van der Waals surface area contributed by atoms with Gasteiger partial charge in [-0.1, -0.05) is 13.8 Å². The number of halogens is 1. The normalized spacial score (nSPS) is 19.0. The van der Waals surface area contributed by atoms with Gasteiger partial charge in [-0.25, -0.2) is 0 Å². The van der Waals surface area contributed by atoms with Gasteiger partial charge in [0.1, 0.15) is 12.4 Å². The minimum absolute atomic E-state index is 0. The smallest absolute Gasteiger partial charge is 0.194 e. The number of pyridine rings is 1. The average Bonchev–Trinajstić information content (AvgIpc) is 2.47. The molecule has 2 heterocycles. The minimum atomic E-state index is 0. The van der Waals surface area contributed by atoms with Crippen LogP contribution in [-0.4, -0.2) is 48.1 Å². The van der Waals surface area contributed by atoms with Crippen LogP contribution in [0.2, 0.25) is 0 Å². The molecule has 6 heteroatoms. The Morgan fingerprint density at radius 2 is 2.14 bits per heavy atom. The molecule has 5 nitrogen and oxygen atoms in total. The Bertz CT molecular complexity index is 502. The fourth-order valence-corrected chi connectivity index (χ4v) is 2.46. The number of hydrogen-bond donors (Lipinski definition) is 1. The largest absolute Gasteiger partial charge is 0.490 e. The number of guanidine groups is 1. The minimum Gasteiger partial charge on any atom is -0.490 e. The van der Waals surface area contributed by atoms with Crippen LogP contribution >= 0.6 is 24.0 Å². The summed E-state index contributed by atoms with van der Waals surface area (Å²) >= 11 is 0. The van der Waals surface area contributed by atoms with Crippen molar-refractivity contribution in [1.82, 2.24) is 15.2 Å². The molecule has 1 fully saturated rings. The van der Waals surface area contributed by atoms with E-state index < -0.39 is 0 Å². The molecule has 22 heavy (non-hydrogen) atoms. The van der Waals surface area contributed by atoms with Crippen molar-refractivity contribution >= 4 is 29.9 Å². The molecule has 0 amide bonds. The van der Waals surface area contributed by atoms with Crippen LogP contribution in [0.3, 0.4) is 0 Å². The fraction of sp³-hybridized carbons (Fsp3) is 0.625. The van der Waals surface area contributed by atoms with Crippen molar-refractivity contribution in [1.29, 1.82) is 0 Å². The third kappa shape index (κ3) is 3.83. The second-order valence-corrected chi connectivity index (χ2v) is 6.54. The lowest BCUT2D eigenvalue weighted by molar-refractivity contribution is -0.0667. The summed E-state index contributed by atoms with van der Waals surface area (Å²) in [5.74, 6) is 1.73. The van der Waals surface area contributed by atoms with Gasteiger partial charge in [-0.15, -0.1) is 24.0 Å². The van der Waals surface area contributed by atoms with Crippen molar-refractivity contribution < 1.29 is 4.74 Å². The number of likely N-dealkylation sites (tertiary alicyclic amines) is 1. The molecule has 1 aromatic heterocycles. The first-order chi connectivity index (χ1) is 9.88. The molecule has 0 spiro atoms. The first-order valence-corrected chi connectivity index (χ1v) is 7.39. The second kappa shape index (κ2) is 7.48. The predicted molar refractivity (Wildman–Crippen MR) is 101 cm³/mol. The molecule has 0 saturated carbocycles. The van der Waals surface area contributed by atoms with Crippen molar-refractivity contribution in [2.75, 3.05) is 26.7 Å². The average molecular weight is 418 g/mol. The Balaban J connectivity index is 0.00000242. The van der Waals surface area contributed by atoms with Gasteiger partial charge in [0.05, 0.1) is 12.7 Å². The van der Waals surface area contributed by atoms with Crippen LogP contribution in [0.5, 0.6) is 5.75 Å². The molecule has 0 aliphatic carbocycles. The number of hydrogen-bond acceptors (Lipinski definition) is 3. The van der Waals surface area contributed by atoms with Gasteiger partial charge in [-0.2, -0.15) is 0 Å². The predicted octanol–water partition coefficient (Wildman–Crippen LogP) is 2.77. The molecule has 1 N–H and O–H groups in total. The standard InChI is InChI=1S/C16H26N4O.HI/c1-15(2)12-20(16(15,3)4)14(17-5)19-9-10-21-13-7-6-8-18-11-13;/h6-8,11H,9-10,12H2,1-5H3,(H,17,19);1H. The Morgan fingerprint density at radius 1 is 1.41 bits per heavy atom. The highest BCUT2D eigenvalue weighted by Crippen LogP contribution is 2.46. The zero-order valence-electron chi connectivity index (χ0n) is 14.1. The Morgan fingerprint density at radius 3 is 2.64 bits per heavy atom. The summed E-state index contributed by atoms with van der Waals surface area (Å²) in [5.41, 5.74) is 0.413. The summed E-state index contributed by atoms with van der Waals surface area (Å²) in [6, 6.07) is 3.77. The maximum absolute atomic E-state index is 5.63. The monoisotopic (exact) mass is 418 g/mol. The van der Waals surface area contributed by atoms with E-state index in [1.54, 1.807) is 12.4 Å². The third-order valence-corrected chi connectivity index (χ3v) is 4.64. The van der Waals surface area contributed by atoms with Crippen molar-refractivity contribution in [2.24, 2.45) is 10.4 Å². The van der Waals surface area contributed by atoms with Gasteiger partial charge in [0.15, 0.2) is 5.96 Å². The molecule has 2 rings (SSSR count). The summed E-state index contributed by atoms with van der Waals surface area (Å²) in [4.78, 5) is 10.7. The van der Waals surface area contributed by atoms with Crippen LogP contribution in [0.4, 0.5) is 0 Å². The van der Waals surface area contributed by atoms with Gasteiger partial charge >= 0.3 is 0 Å². The van der Waals surface area contributed by atoms with Crippen molar-refractivity contribution in [3.05, 3.63) is 24.5 Å². The lowest BCUT2D eigenvalue weighted by Gasteiger charge is -2.62. The maximum atomic E-state index is 5.63. The fourth-order valence-electron chi connectivity index (χ4n) is 2.46. The van der Waals surface area contributed by atoms with Gasteiger partial charge in [0.2, 0.25) is 0 Å². The van der Waals surface area contributed by atoms with E-state index in [0.29, 0.717) is 18.6 Å². The van der Waals surface area contributed by atoms with E-state index >= 15 is 0 Å². The zero-order valence-corrected chi connectivity index (χ0v) is 16.4. The van der Waals surface area contributed by atoms with Crippen LogP contribution in [0.1, 0.15) is 27.7 Å². The quantitative estimate of drug-likeness (QED) is 0.354. The van der Waals surface area contributed by atoms with Crippen LogP contribution in [0.15, 0.2) is 29.5 Å². The van der Waals surface area contributed by atoms with E-state index in [-0.39, 0.29) is 29.5 Å². The maximum Gasteiger partial charge on any atom is 0.194 e.